The Morgan fingerprint density at radius 1 is 1.37 bits per heavy atom. The summed E-state index contributed by atoms with van der Waals surface area (Å²) in [4.78, 5) is 12.9. The number of aliphatic hydroxyl groups is 1. The molecule has 1 heterocycles. The van der Waals surface area contributed by atoms with Crippen molar-refractivity contribution in [2.75, 3.05) is 6.54 Å². The molecule has 2 fully saturated rings. The predicted molar refractivity (Wildman–Crippen MR) is 60.5 cm³/mol. The second kappa shape index (κ2) is 4.01. The van der Waals surface area contributed by atoms with Crippen LogP contribution in [0.3, 0.4) is 0 Å². The molecule has 110 valence electrons. The summed E-state index contributed by atoms with van der Waals surface area (Å²) in [5, 5.41) is 9.86. The molecule has 2 bridgehead atoms. The lowest BCUT2D eigenvalue weighted by atomic mass is 9.92. The molecule has 4 nitrogen and oxygen atoms in total. The van der Waals surface area contributed by atoms with E-state index in [1.165, 1.54) is 0 Å². The Labute approximate surface area is 109 Å². The van der Waals surface area contributed by atoms with E-state index in [9.17, 15) is 23.1 Å². The fourth-order valence-electron chi connectivity index (χ4n) is 2.93. The van der Waals surface area contributed by atoms with Crippen LogP contribution in [-0.4, -0.2) is 46.1 Å². The molecule has 1 saturated heterocycles. The first-order valence-corrected chi connectivity index (χ1v) is 6.23. The lowest BCUT2D eigenvalue weighted by Gasteiger charge is -2.40. The first-order valence-electron chi connectivity index (χ1n) is 6.23. The number of rotatable bonds is 0. The Balaban J connectivity index is 2.17. The number of carbonyl (C=O) groups is 1. The number of hydrogen-bond acceptors (Lipinski definition) is 3. The van der Waals surface area contributed by atoms with Crippen LogP contribution in [-0.2, 0) is 4.74 Å². The van der Waals surface area contributed by atoms with Crippen molar-refractivity contribution in [1.29, 1.82) is 0 Å². The molecule has 1 aliphatic carbocycles. The molecule has 7 heteroatoms. The molecule has 0 aromatic carbocycles. The SMILES string of the molecule is CC(C)(C)OC(=O)N1C[C@H]2C[C@H]1[C@](O)(C(F)(F)F)C2. The van der Waals surface area contributed by atoms with E-state index < -0.39 is 29.5 Å². The van der Waals surface area contributed by atoms with E-state index in [0.29, 0.717) is 0 Å². The van der Waals surface area contributed by atoms with Gasteiger partial charge in [0, 0.05) is 6.54 Å². The summed E-state index contributed by atoms with van der Waals surface area (Å²) in [6, 6.07) is -1.23. The number of nitrogens with zero attached hydrogens (tertiary/aromatic N) is 1. The maximum atomic E-state index is 12.9. The molecule has 1 amide bonds. The minimum Gasteiger partial charge on any atom is -0.444 e. The molecule has 0 unspecified atom stereocenters. The number of hydrogen-bond donors (Lipinski definition) is 1. The van der Waals surface area contributed by atoms with E-state index in [-0.39, 0.29) is 25.3 Å². The zero-order valence-corrected chi connectivity index (χ0v) is 11.1. The number of fused-ring (bicyclic) bond motifs is 2. The number of alkyl halides is 3. The van der Waals surface area contributed by atoms with Crippen molar-refractivity contribution in [3.8, 4) is 0 Å². The van der Waals surface area contributed by atoms with E-state index in [1.54, 1.807) is 20.8 Å². The number of piperidine rings is 1. The first kappa shape index (κ1) is 14.4. The van der Waals surface area contributed by atoms with Gasteiger partial charge in [0.1, 0.15) is 5.60 Å². The number of halogens is 3. The summed E-state index contributed by atoms with van der Waals surface area (Å²) in [6.07, 6.45) is -5.68. The highest BCUT2D eigenvalue weighted by molar-refractivity contribution is 5.69. The van der Waals surface area contributed by atoms with Crippen LogP contribution in [0.15, 0.2) is 0 Å². The molecule has 19 heavy (non-hydrogen) atoms. The second-order valence-corrected chi connectivity index (χ2v) is 6.38. The van der Waals surface area contributed by atoms with Crippen LogP contribution in [0.4, 0.5) is 18.0 Å². The Morgan fingerprint density at radius 2 is 1.95 bits per heavy atom. The molecular weight excluding hydrogens is 263 g/mol. The molecule has 0 radical (unpaired) electrons. The summed E-state index contributed by atoms with van der Waals surface area (Å²) in [7, 11) is 0. The number of likely N-dealkylation sites (tertiary alicyclic amines) is 1. The highest BCUT2D eigenvalue weighted by atomic mass is 19.4. The number of ether oxygens (including phenoxy) is 1. The van der Waals surface area contributed by atoms with E-state index >= 15 is 0 Å². The van der Waals surface area contributed by atoms with Gasteiger partial charge in [0.2, 0.25) is 0 Å². The van der Waals surface area contributed by atoms with Crippen molar-refractivity contribution in [2.45, 2.75) is 57.0 Å². The van der Waals surface area contributed by atoms with Crippen molar-refractivity contribution in [1.82, 2.24) is 4.90 Å². The molecule has 0 aromatic rings. The van der Waals surface area contributed by atoms with Gasteiger partial charge in [-0.05, 0) is 39.5 Å². The van der Waals surface area contributed by atoms with Crippen molar-refractivity contribution in [2.24, 2.45) is 5.92 Å². The maximum Gasteiger partial charge on any atom is 0.419 e. The summed E-state index contributed by atoms with van der Waals surface area (Å²) < 4.78 is 43.9. The van der Waals surface area contributed by atoms with Crippen LogP contribution in [0.25, 0.3) is 0 Å². The predicted octanol–water partition coefficient (Wildman–Crippen LogP) is 2.31. The zero-order valence-electron chi connectivity index (χ0n) is 11.1. The van der Waals surface area contributed by atoms with Gasteiger partial charge in [-0.25, -0.2) is 4.79 Å². The van der Waals surface area contributed by atoms with Gasteiger partial charge in [-0.3, -0.25) is 0 Å². The Morgan fingerprint density at radius 3 is 2.37 bits per heavy atom. The van der Waals surface area contributed by atoms with Crippen LogP contribution in [0.1, 0.15) is 33.6 Å². The number of amides is 1. The third-order valence-corrected chi connectivity index (χ3v) is 3.66. The van der Waals surface area contributed by atoms with Crippen molar-refractivity contribution < 1.29 is 27.8 Å². The summed E-state index contributed by atoms with van der Waals surface area (Å²) in [6.45, 7) is 5.16. The van der Waals surface area contributed by atoms with Crippen LogP contribution in [0, 0.1) is 5.92 Å². The van der Waals surface area contributed by atoms with Crippen molar-refractivity contribution in [3.05, 3.63) is 0 Å². The van der Waals surface area contributed by atoms with Crippen LogP contribution in [0.5, 0.6) is 0 Å². The van der Waals surface area contributed by atoms with Crippen LogP contribution >= 0.6 is 0 Å². The van der Waals surface area contributed by atoms with E-state index in [1.807, 2.05) is 0 Å². The molecular formula is C12H18F3NO3. The Kier molecular flexibility index (Phi) is 3.04. The van der Waals surface area contributed by atoms with Crippen LogP contribution in [0.2, 0.25) is 0 Å². The molecule has 1 N–H and O–H groups in total. The normalized spacial score (nSPS) is 34.8. The average molecular weight is 281 g/mol. The first-order chi connectivity index (χ1) is 8.44. The zero-order chi connectivity index (χ0) is 14.6. The third-order valence-electron chi connectivity index (χ3n) is 3.66. The van der Waals surface area contributed by atoms with E-state index in [4.69, 9.17) is 4.74 Å². The minimum absolute atomic E-state index is 0.176. The highest BCUT2D eigenvalue weighted by Crippen LogP contribution is 2.52. The van der Waals surface area contributed by atoms with E-state index in [0.717, 1.165) is 4.90 Å². The van der Waals surface area contributed by atoms with Gasteiger partial charge < -0.3 is 14.7 Å². The molecule has 0 aromatic heterocycles. The molecule has 3 atom stereocenters. The smallest absolute Gasteiger partial charge is 0.419 e. The van der Waals surface area contributed by atoms with Gasteiger partial charge >= 0.3 is 12.3 Å². The van der Waals surface area contributed by atoms with Crippen molar-refractivity contribution >= 4 is 6.09 Å². The lowest BCUT2D eigenvalue weighted by Crippen LogP contribution is -2.60. The van der Waals surface area contributed by atoms with Crippen LogP contribution < -0.4 is 0 Å². The average Bonchev–Trinajstić information content (AvgIpc) is 2.70. The van der Waals surface area contributed by atoms with Crippen molar-refractivity contribution in [3.63, 3.8) is 0 Å². The molecule has 0 spiro atoms. The fourth-order valence-corrected chi connectivity index (χ4v) is 2.93. The van der Waals surface area contributed by atoms with Gasteiger partial charge in [-0.15, -0.1) is 0 Å². The largest absolute Gasteiger partial charge is 0.444 e. The highest BCUT2D eigenvalue weighted by Gasteiger charge is 2.68. The fraction of sp³-hybridized carbons (Fsp3) is 0.917. The Bertz CT molecular complexity index is 391. The Hall–Kier alpha value is -0.980. The summed E-state index contributed by atoms with van der Waals surface area (Å²) >= 11 is 0. The molecule has 1 aliphatic heterocycles. The molecule has 2 rings (SSSR count). The lowest BCUT2D eigenvalue weighted by molar-refractivity contribution is -0.277. The van der Waals surface area contributed by atoms with Gasteiger partial charge in [-0.2, -0.15) is 13.2 Å². The van der Waals surface area contributed by atoms with Gasteiger partial charge in [0.15, 0.2) is 5.60 Å². The number of carbonyl (C=O) groups excluding carboxylic acids is 1. The van der Waals surface area contributed by atoms with Gasteiger partial charge in [-0.1, -0.05) is 0 Å². The van der Waals surface area contributed by atoms with E-state index in [2.05, 4.69) is 0 Å². The summed E-state index contributed by atoms with van der Waals surface area (Å²) in [5.74, 6) is -0.316. The topological polar surface area (TPSA) is 49.8 Å². The minimum atomic E-state index is -4.73. The standard InChI is InChI=1S/C12H18F3NO3/c1-10(2,3)19-9(17)16-6-7-4-8(16)11(18,5-7)12(13,14)15/h7-8,18H,4-6H2,1-3H3/t7-,8-,11-/m0/s1. The monoisotopic (exact) mass is 281 g/mol. The third kappa shape index (κ3) is 2.40. The molecule has 1 saturated carbocycles. The summed E-state index contributed by atoms with van der Waals surface area (Å²) in [5.41, 5.74) is -3.57. The van der Waals surface area contributed by atoms with Gasteiger partial charge in [0.05, 0.1) is 6.04 Å². The maximum absolute atomic E-state index is 12.9. The van der Waals surface area contributed by atoms with Gasteiger partial charge in [0.25, 0.3) is 0 Å². The molecule has 2 aliphatic rings. The second-order valence-electron chi connectivity index (χ2n) is 6.38. The quantitative estimate of drug-likeness (QED) is 0.741.